The van der Waals surface area contributed by atoms with E-state index in [2.05, 4.69) is 53.7 Å². The van der Waals surface area contributed by atoms with E-state index in [1.54, 1.807) is 6.92 Å². The fourth-order valence-electron chi connectivity index (χ4n) is 3.14. The van der Waals surface area contributed by atoms with Crippen LogP contribution in [0, 0.1) is 5.92 Å². The van der Waals surface area contributed by atoms with Gasteiger partial charge in [-0.3, -0.25) is 9.59 Å². The maximum Gasteiger partial charge on any atom is 0.176 e. The Morgan fingerprint density at radius 3 is 1.72 bits per heavy atom. The number of ketones is 2. The number of rotatable bonds is 9. The van der Waals surface area contributed by atoms with Crippen LogP contribution in [0.25, 0.3) is 0 Å². The molecule has 0 aliphatic heterocycles. The van der Waals surface area contributed by atoms with Gasteiger partial charge in [-0.1, -0.05) is 60.6 Å². The number of benzene rings is 1. The van der Waals surface area contributed by atoms with Crippen LogP contribution < -0.4 is 0 Å². The highest BCUT2D eigenvalue weighted by Gasteiger charge is 2.31. The summed E-state index contributed by atoms with van der Waals surface area (Å²) < 4.78 is 5.19. The average molecular weight is 347 g/mol. The van der Waals surface area contributed by atoms with E-state index in [0.717, 1.165) is 16.7 Å². The molecular formula is C22H34O3. The summed E-state index contributed by atoms with van der Waals surface area (Å²) in [6, 6.07) is 4.30. The van der Waals surface area contributed by atoms with Crippen molar-refractivity contribution in [1.82, 2.24) is 0 Å². The van der Waals surface area contributed by atoms with Crippen molar-refractivity contribution in [3.05, 3.63) is 34.4 Å². The van der Waals surface area contributed by atoms with Gasteiger partial charge in [-0.25, -0.2) is 0 Å². The number of hydrogen-bond acceptors (Lipinski definition) is 3. The van der Waals surface area contributed by atoms with Gasteiger partial charge in [-0.2, -0.15) is 0 Å². The molecule has 1 unspecified atom stereocenters. The lowest BCUT2D eigenvalue weighted by Crippen LogP contribution is -2.30. The van der Waals surface area contributed by atoms with Gasteiger partial charge in [-0.05, 0) is 34.4 Å². The number of ether oxygens (including phenoxy) is 1. The minimum atomic E-state index is -0.713. The monoisotopic (exact) mass is 346 g/mol. The first-order valence-electron chi connectivity index (χ1n) is 9.39. The molecule has 1 rings (SSSR count). The maximum absolute atomic E-state index is 13.4. The molecule has 0 bridgehead atoms. The van der Waals surface area contributed by atoms with Crippen LogP contribution >= 0.6 is 0 Å². The Kier molecular flexibility index (Phi) is 8.01. The van der Waals surface area contributed by atoms with Crippen molar-refractivity contribution in [2.75, 3.05) is 13.7 Å². The van der Waals surface area contributed by atoms with Crippen LogP contribution in [0.2, 0.25) is 0 Å². The van der Waals surface area contributed by atoms with E-state index in [4.69, 9.17) is 4.74 Å². The molecule has 0 heterocycles. The lowest BCUT2D eigenvalue weighted by molar-refractivity contribution is -0.122. The fourth-order valence-corrected chi connectivity index (χ4v) is 3.14. The number of hydrogen-bond donors (Lipinski definition) is 0. The summed E-state index contributed by atoms with van der Waals surface area (Å²) in [4.78, 5) is 25.7. The quantitative estimate of drug-likeness (QED) is 0.439. The van der Waals surface area contributed by atoms with Gasteiger partial charge in [0.1, 0.15) is 11.7 Å². The Labute approximate surface area is 153 Å². The zero-order chi connectivity index (χ0) is 19.3. The molecule has 140 valence electrons. The first-order valence-corrected chi connectivity index (χ1v) is 9.39. The van der Waals surface area contributed by atoms with Crippen molar-refractivity contribution in [3.63, 3.8) is 0 Å². The minimum absolute atomic E-state index is 0.0517. The van der Waals surface area contributed by atoms with Gasteiger partial charge in [0.2, 0.25) is 0 Å². The third-order valence-electron chi connectivity index (χ3n) is 4.77. The van der Waals surface area contributed by atoms with Crippen molar-refractivity contribution < 1.29 is 14.3 Å². The predicted molar refractivity (Wildman–Crippen MR) is 104 cm³/mol. The Balaban J connectivity index is 3.64. The summed E-state index contributed by atoms with van der Waals surface area (Å²) in [6.45, 7) is 14.7. The lowest BCUT2D eigenvalue weighted by Gasteiger charge is -2.24. The van der Waals surface area contributed by atoms with Gasteiger partial charge in [0.25, 0.3) is 0 Å². The van der Waals surface area contributed by atoms with Crippen LogP contribution in [0.5, 0.6) is 0 Å². The van der Waals surface area contributed by atoms with Crippen molar-refractivity contribution in [2.24, 2.45) is 5.92 Å². The summed E-state index contributed by atoms with van der Waals surface area (Å²) in [5.74, 6) is -0.0214. The van der Waals surface area contributed by atoms with Gasteiger partial charge in [0.15, 0.2) is 5.78 Å². The van der Waals surface area contributed by atoms with Crippen molar-refractivity contribution in [2.45, 2.75) is 72.6 Å². The van der Waals surface area contributed by atoms with E-state index in [-0.39, 0.29) is 30.0 Å². The van der Waals surface area contributed by atoms with Crippen molar-refractivity contribution in [1.29, 1.82) is 0 Å². The largest absolute Gasteiger partial charge is 0.383 e. The van der Waals surface area contributed by atoms with Crippen LogP contribution in [-0.4, -0.2) is 25.3 Å². The molecule has 3 nitrogen and oxygen atoms in total. The molecule has 3 heteroatoms. The Hall–Kier alpha value is -1.48. The molecule has 0 spiro atoms. The topological polar surface area (TPSA) is 43.4 Å². The zero-order valence-corrected chi connectivity index (χ0v) is 17.1. The average Bonchev–Trinajstić information content (AvgIpc) is 2.56. The number of Topliss-reactive ketones (excluding diaryl/α,β-unsaturated/α-hetero) is 2. The van der Waals surface area contributed by atoms with Crippen LogP contribution in [0.4, 0.5) is 0 Å². The van der Waals surface area contributed by atoms with Gasteiger partial charge in [0, 0.05) is 19.1 Å². The SMILES string of the molecule is CCC(=O)C(COC)C(=O)c1c(C(C)C)cc(C(C)C)cc1C(C)C. The van der Waals surface area contributed by atoms with E-state index >= 15 is 0 Å². The number of carbonyl (C=O) groups excluding carboxylic acids is 2. The summed E-state index contributed by atoms with van der Waals surface area (Å²) in [5.41, 5.74) is 4.07. The van der Waals surface area contributed by atoms with E-state index < -0.39 is 5.92 Å². The third kappa shape index (κ3) is 5.01. The maximum atomic E-state index is 13.4. The second-order valence-electron chi connectivity index (χ2n) is 7.73. The predicted octanol–water partition coefficient (Wildman–Crippen LogP) is 5.48. The second-order valence-corrected chi connectivity index (χ2v) is 7.73. The molecule has 0 N–H and O–H groups in total. The zero-order valence-electron chi connectivity index (χ0n) is 17.1. The molecule has 0 saturated heterocycles. The van der Waals surface area contributed by atoms with E-state index in [1.165, 1.54) is 12.7 Å². The second kappa shape index (κ2) is 9.28. The normalized spacial score (nSPS) is 12.9. The first kappa shape index (κ1) is 21.6. The molecule has 0 saturated carbocycles. The van der Waals surface area contributed by atoms with Crippen LogP contribution in [0.1, 0.15) is 99.7 Å². The minimum Gasteiger partial charge on any atom is -0.383 e. The van der Waals surface area contributed by atoms with Gasteiger partial charge < -0.3 is 4.74 Å². The lowest BCUT2D eigenvalue weighted by atomic mass is 9.79. The number of carbonyl (C=O) groups is 2. The van der Waals surface area contributed by atoms with Crippen LogP contribution in [-0.2, 0) is 9.53 Å². The van der Waals surface area contributed by atoms with Crippen molar-refractivity contribution in [3.8, 4) is 0 Å². The van der Waals surface area contributed by atoms with Crippen molar-refractivity contribution >= 4 is 11.6 Å². The smallest absolute Gasteiger partial charge is 0.176 e. The van der Waals surface area contributed by atoms with E-state index in [9.17, 15) is 9.59 Å². The van der Waals surface area contributed by atoms with Gasteiger partial charge in [0.05, 0.1) is 6.61 Å². The Morgan fingerprint density at radius 1 is 0.920 bits per heavy atom. The third-order valence-corrected chi connectivity index (χ3v) is 4.77. The molecular weight excluding hydrogens is 312 g/mol. The molecule has 0 amide bonds. The molecule has 0 fully saturated rings. The molecule has 0 aliphatic carbocycles. The Bertz CT molecular complexity index is 583. The summed E-state index contributed by atoms with van der Waals surface area (Å²) >= 11 is 0. The standard InChI is InChI=1S/C22H34O3/c1-9-20(23)19(12-25-8)22(24)21-17(14(4)5)10-16(13(2)3)11-18(21)15(6)7/h10-11,13-15,19H,9,12H2,1-8H3. The van der Waals surface area contributed by atoms with E-state index in [0.29, 0.717) is 12.3 Å². The highest BCUT2D eigenvalue weighted by molar-refractivity contribution is 6.12. The molecule has 0 aliphatic rings. The number of methoxy groups -OCH3 is 1. The highest BCUT2D eigenvalue weighted by atomic mass is 16.5. The van der Waals surface area contributed by atoms with Crippen LogP contribution in [0.3, 0.4) is 0 Å². The summed E-state index contributed by atoms with van der Waals surface area (Å²) in [7, 11) is 1.54. The van der Waals surface area contributed by atoms with Crippen LogP contribution in [0.15, 0.2) is 12.1 Å². The Morgan fingerprint density at radius 2 is 1.40 bits per heavy atom. The molecule has 1 aromatic carbocycles. The van der Waals surface area contributed by atoms with Gasteiger partial charge in [-0.15, -0.1) is 0 Å². The molecule has 1 atom stereocenters. The first-order chi connectivity index (χ1) is 11.6. The molecule has 1 aromatic rings. The fraction of sp³-hybridized carbons (Fsp3) is 0.636. The summed E-state index contributed by atoms with van der Waals surface area (Å²) in [5, 5.41) is 0. The molecule has 0 aromatic heterocycles. The highest BCUT2D eigenvalue weighted by Crippen LogP contribution is 2.34. The van der Waals surface area contributed by atoms with Gasteiger partial charge >= 0.3 is 0 Å². The summed E-state index contributed by atoms with van der Waals surface area (Å²) in [6.07, 6.45) is 0.345. The van der Waals surface area contributed by atoms with E-state index in [1.807, 2.05) is 0 Å². The molecule has 0 radical (unpaired) electrons. The molecule has 25 heavy (non-hydrogen) atoms.